The van der Waals surface area contributed by atoms with Crippen molar-refractivity contribution in [2.45, 2.75) is 17.2 Å². The Hall–Kier alpha value is -2.57. The molecule has 140 valence electrons. The first-order chi connectivity index (χ1) is 13.0. The molecule has 7 heteroatoms. The molecule has 3 rings (SSSR count). The number of hydrogen-bond acceptors (Lipinski definition) is 4. The van der Waals surface area contributed by atoms with Crippen molar-refractivity contribution >= 4 is 28.3 Å². The molecule has 27 heavy (non-hydrogen) atoms. The van der Waals surface area contributed by atoms with Crippen LogP contribution in [0.15, 0.2) is 70.0 Å². The van der Waals surface area contributed by atoms with Crippen LogP contribution in [0.2, 0.25) is 5.02 Å². The summed E-state index contributed by atoms with van der Waals surface area (Å²) < 4.78 is 23.0. The number of hydrogen-bond donors (Lipinski definition) is 1. The molecule has 1 aromatic heterocycles. The predicted molar refractivity (Wildman–Crippen MR) is 104 cm³/mol. The summed E-state index contributed by atoms with van der Waals surface area (Å²) in [5.41, 5.74) is 0.944. The van der Waals surface area contributed by atoms with Crippen LogP contribution in [-0.2, 0) is 23.1 Å². The smallest absolute Gasteiger partial charge is 0.287 e. The number of rotatable bonds is 7. The molecule has 5 nitrogen and oxygen atoms in total. The molecule has 1 N–H and O–H groups in total. The number of carbonyl (C=O) groups is 1. The van der Waals surface area contributed by atoms with Crippen LogP contribution in [0.4, 0.5) is 0 Å². The number of nitrogens with one attached hydrogen (secondary N) is 1. The van der Waals surface area contributed by atoms with Crippen LogP contribution in [-0.4, -0.2) is 17.2 Å². The Morgan fingerprint density at radius 2 is 1.78 bits per heavy atom. The van der Waals surface area contributed by atoms with Gasteiger partial charge in [0.15, 0.2) is 5.76 Å². The van der Waals surface area contributed by atoms with Crippen molar-refractivity contribution in [1.82, 2.24) is 5.32 Å². The summed E-state index contributed by atoms with van der Waals surface area (Å²) in [6.45, 7) is 0.371. The molecule has 3 aromatic rings. The third-order valence-electron chi connectivity index (χ3n) is 3.85. The van der Waals surface area contributed by atoms with Crippen LogP contribution >= 0.6 is 11.6 Å². The highest BCUT2D eigenvalue weighted by Gasteiger charge is 2.13. The summed E-state index contributed by atoms with van der Waals surface area (Å²) in [5, 5.41) is 3.38. The van der Waals surface area contributed by atoms with E-state index >= 15 is 0 Å². The van der Waals surface area contributed by atoms with E-state index in [9.17, 15) is 9.00 Å². The third kappa shape index (κ3) is 5.21. The molecule has 0 aliphatic rings. The Morgan fingerprint density at radius 1 is 1.07 bits per heavy atom. The van der Waals surface area contributed by atoms with Gasteiger partial charge in [-0.05, 0) is 54.1 Å². The summed E-state index contributed by atoms with van der Waals surface area (Å²) in [5.74, 6) is 1.29. The lowest BCUT2D eigenvalue weighted by molar-refractivity contribution is 0.0921. The van der Waals surface area contributed by atoms with E-state index in [2.05, 4.69) is 5.32 Å². The van der Waals surface area contributed by atoms with Crippen LogP contribution in [0.5, 0.6) is 5.75 Å². The van der Waals surface area contributed by atoms with Crippen molar-refractivity contribution < 1.29 is 18.2 Å². The highest BCUT2D eigenvalue weighted by atomic mass is 35.5. The van der Waals surface area contributed by atoms with Crippen LogP contribution in [0.3, 0.4) is 0 Å². The minimum atomic E-state index is -1.28. The molecule has 1 atom stereocenters. The second kappa shape index (κ2) is 8.88. The van der Waals surface area contributed by atoms with Gasteiger partial charge in [-0.15, -0.1) is 0 Å². The molecule has 0 aliphatic carbocycles. The maximum absolute atomic E-state index is 12.4. The maximum atomic E-state index is 12.4. The van der Waals surface area contributed by atoms with Gasteiger partial charge in [0.25, 0.3) is 5.91 Å². The summed E-state index contributed by atoms with van der Waals surface area (Å²) in [7, 11) is 0.327. The zero-order valence-corrected chi connectivity index (χ0v) is 16.2. The van der Waals surface area contributed by atoms with Crippen LogP contribution in [0.1, 0.15) is 21.9 Å². The topological polar surface area (TPSA) is 68.5 Å². The maximum Gasteiger partial charge on any atom is 0.287 e. The Bertz CT molecular complexity index is 935. The molecule has 0 saturated carbocycles. The lowest BCUT2D eigenvalue weighted by atomic mass is 10.2. The van der Waals surface area contributed by atoms with E-state index in [0.717, 1.165) is 11.3 Å². The number of benzene rings is 2. The Kier molecular flexibility index (Phi) is 6.32. The van der Waals surface area contributed by atoms with Crippen molar-refractivity contribution in [2.24, 2.45) is 0 Å². The molecular formula is C20H18ClNO4S. The highest BCUT2D eigenvalue weighted by Crippen LogP contribution is 2.17. The Morgan fingerprint density at radius 3 is 2.44 bits per heavy atom. The molecule has 2 aromatic carbocycles. The van der Waals surface area contributed by atoms with Crippen molar-refractivity contribution in [3.63, 3.8) is 0 Å². The molecular weight excluding hydrogens is 386 g/mol. The Balaban J connectivity index is 1.56. The fraction of sp³-hybridized carbons (Fsp3) is 0.150. The second-order valence-corrected chi connectivity index (χ2v) is 7.63. The normalized spacial score (nSPS) is 11.8. The van der Waals surface area contributed by atoms with Gasteiger partial charge in [-0.3, -0.25) is 9.00 Å². The van der Waals surface area contributed by atoms with E-state index in [0.29, 0.717) is 22.2 Å². The van der Waals surface area contributed by atoms with Crippen LogP contribution in [0.25, 0.3) is 0 Å². The molecule has 0 fully saturated rings. The third-order valence-corrected chi connectivity index (χ3v) is 5.44. The fourth-order valence-corrected chi connectivity index (χ4v) is 3.54. The van der Waals surface area contributed by atoms with Crippen LogP contribution < -0.4 is 10.1 Å². The van der Waals surface area contributed by atoms with Gasteiger partial charge in [0.1, 0.15) is 11.5 Å². The first-order valence-corrected chi connectivity index (χ1v) is 9.88. The Labute approximate surface area is 164 Å². The first-order valence-electron chi connectivity index (χ1n) is 8.19. The number of halogens is 1. The quantitative estimate of drug-likeness (QED) is 0.642. The van der Waals surface area contributed by atoms with Crippen molar-refractivity contribution in [2.75, 3.05) is 7.11 Å². The number of carbonyl (C=O) groups excluding carboxylic acids is 1. The van der Waals surface area contributed by atoms with E-state index in [1.54, 1.807) is 43.5 Å². The van der Waals surface area contributed by atoms with E-state index in [4.69, 9.17) is 20.8 Å². The van der Waals surface area contributed by atoms with E-state index in [1.165, 1.54) is 0 Å². The molecule has 0 aliphatic heterocycles. The minimum absolute atomic E-state index is 0.187. The summed E-state index contributed by atoms with van der Waals surface area (Å²) >= 11 is 5.84. The molecule has 0 unspecified atom stereocenters. The zero-order valence-electron chi connectivity index (χ0n) is 14.6. The van der Waals surface area contributed by atoms with E-state index < -0.39 is 10.8 Å². The number of amides is 1. The average molecular weight is 404 g/mol. The van der Waals surface area contributed by atoms with Crippen molar-refractivity contribution in [1.29, 1.82) is 0 Å². The number of methoxy groups -OCH3 is 1. The first kappa shape index (κ1) is 19.2. The minimum Gasteiger partial charge on any atom is -0.497 e. The zero-order chi connectivity index (χ0) is 19.2. The number of furan rings is 1. The van der Waals surface area contributed by atoms with E-state index in [-0.39, 0.29) is 17.4 Å². The standard InChI is InChI=1S/C20H18ClNO4S/c1-25-16-6-2-14(3-7-16)12-22-20(23)19-11-8-17(26-19)13-27(24)18-9-4-15(21)5-10-18/h2-11H,12-13H2,1H3,(H,22,23)/t27-/m1/s1. The van der Waals surface area contributed by atoms with Gasteiger partial charge < -0.3 is 14.5 Å². The molecule has 0 saturated heterocycles. The lowest BCUT2D eigenvalue weighted by Gasteiger charge is -2.05. The van der Waals surface area contributed by atoms with Crippen molar-refractivity contribution in [3.05, 3.63) is 82.8 Å². The molecule has 1 heterocycles. The largest absolute Gasteiger partial charge is 0.497 e. The van der Waals surface area contributed by atoms with Crippen molar-refractivity contribution in [3.8, 4) is 5.75 Å². The highest BCUT2D eigenvalue weighted by molar-refractivity contribution is 7.84. The average Bonchev–Trinajstić information content (AvgIpc) is 3.15. The van der Waals surface area contributed by atoms with Gasteiger partial charge in [0.05, 0.1) is 23.7 Å². The van der Waals surface area contributed by atoms with Gasteiger partial charge in [0.2, 0.25) is 0 Å². The second-order valence-electron chi connectivity index (χ2n) is 5.74. The fourth-order valence-electron chi connectivity index (χ4n) is 2.39. The SMILES string of the molecule is COc1ccc(CNC(=O)c2ccc(C[S@@](=O)c3ccc(Cl)cc3)o2)cc1. The summed E-state index contributed by atoms with van der Waals surface area (Å²) in [6, 6.07) is 17.5. The number of ether oxygens (including phenoxy) is 1. The summed E-state index contributed by atoms with van der Waals surface area (Å²) in [6.07, 6.45) is 0. The molecule has 0 radical (unpaired) electrons. The van der Waals surface area contributed by atoms with Gasteiger partial charge in [-0.25, -0.2) is 0 Å². The van der Waals surface area contributed by atoms with Crippen LogP contribution in [0, 0.1) is 0 Å². The van der Waals surface area contributed by atoms with Gasteiger partial charge >= 0.3 is 0 Å². The monoisotopic (exact) mass is 403 g/mol. The van der Waals surface area contributed by atoms with Gasteiger partial charge in [0, 0.05) is 16.5 Å². The molecule has 0 bridgehead atoms. The summed E-state index contributed by atoms with van der Waals surface area (Å²) in [4.78, 5) is 12.9. The van der Waals surface area contributed by atoms with E-state index in [1.807, 2.05) is 24.3 Å². The molecule has 1 amide bonds. The molecule has 0 spiro atoms. The van der Waals surface area contributed by atoms with Gasteiger partial charge in [-0.2, -0.15) is 0 Å². The van der Waals surface area contributed by atoms with Gasteiger partial charge in [-0.1, -0.05) is 23.7 Å². The predicted octanol–water partition coefficient (Wildman–Crippen LogP) is 4.18. The lowest BCUT2D eigenvalue weighted by Crippen LogP contribution is -2.22.